The van der Waals surface area contributed by atoms with Crippen molar-refractivity contribution in [2.75, 3.05) is 6.67 Å². The lowest BCUT2D eigenvalue weighted by Crippen LogP contribution is -2.31. The van der Waals surface area contributed by atoms with Crippen LogP contribution in [0.25, 0.3) is 0 Å². The van der Waals surface area contributed by atoms with Crippen LogP contribution in [-0.2, 0) is 6.54 Å². The molecule has 0 aromatic carbocycles. The number of rotatable bonds is 2. The van der Waals surface area contributed by atoms with E-state index in [2.05, 4.69) is 4.98 Å². The van der Waals surface area contributed by atoms with Crippen molar-refractivity contribution in [2.24, 2.45) is 0 Å². The molecule has 0 aliphatic heterocycles. The Morgan fingerprint density at radius 2 is 2.25 bits per heavy atom. The quantitative estimate of drug-likeness (QED) is 0.672. The molecule has 0 spiro atoms. The summed E-state index contributed by atoms with van der Waals surface area (Å²) >= 11 is 0. The number of aryl methyl sites for hydroxylation is 2. The standard InChI is InChI=1S/C7H9FN2O2/c1-5-4-10(3-2-8)7(12)9-6(5)11/h4H,2-3H2,1H3,(H,9,11,12). The molecular formula is C7H9FN2O2. The Hall–Kier alpha value is -1.39. The van der Waals surface area contributed by atoms with E-state index in [4.69, 9.17) is 0 Å². The first-order valence-corrected chi connectivity index (χ1v) is 3.51. The molecule has 0 aliphatic rings. The fourth-order valence-electron chi connectivity index (χ4n) is 0.876. The van der Waals surface area contributed by atoms with Crippen LogP contribution in [-0.4, -0.2) is 16.2 Å². The number of hydrogen-bond donors (Lipinski definition) is 1. The third-order valence-electron chi connectivity index (χ3n) is 1.51. The molecule has 0 unspecified atom stereocenters. The zero-order chi connectivity index (χ0) is 9.14. The molecule has 0 amide bonds. The molecule has 0 bridgehead atoms. The Morgan fingerprint density at radius 1 is 1.58 bits per heavy atom. The molecule has 0 fully saturated rings. The molecule has 0 saturated carbocycles. The fraction of sp³-hybridized carbons (Fsp3) is 0.429. The average Bonchev–Trinajstić information content (AvgIpc) is 2.01. The minimum Gasteiger partial charge on any atom is -0.298 e. The van der Waals surface area contributed by atoms with Gasteiger partial charge in [-0.25, -0.2) is 9.18 Å². The van der Waals surface area contributed by atoms with Gasteiger partial charge in [-0.15, -0.1) is 0 Å². The maximum atomic E-state index is 11.8. The summed E-state index contributed by atoms with van der Waals surface area (Å²) < 4.78 is 13.0. The summed E-state index contributed by atoms with van der Waals surface area (Å²) in [6.07, 6.45) is 1.35. The van der Waals surface area contributed by atoms with Crippen LogP contribution in [0.5, 0.6) is 0 Å². The topological polar surface area (TPSA) is 54.9 Å². The van der Waals surface area contributed by atoms with Gasteiger partial charge in [0.1, 0.15) is 6.67 Å². The van der Waals surface area contributed by atoms with Gasteiger partial charge in [-0.05, 0) is 6.92 Å². The van der Waals surface area contributed by atoms with E-state index in [0.29, 0.717) is 5.56 Å². The number of halogens is 1. The van der Waals surface area contributed by atoms with E-state index in [1.165, 1.54) is 6.20 Å². The first-order valence-electron chi connectivity index (χ1n) is 3.51. The molecule has 4 nitrogen and oxygen atoms in total. The Kier molecular flexibility index (Phi) is 2.42. The number of aromatic nitrogens is 2. The highest BCUT2D eigenvalue weighted by molar-refractivity contribution is 5.00. The number of hydrogen-bond acceptors (Lipinski definition) is 2. The predicted molar refractivity (Wildman–Crippen MR) is 42.0 cm³/mol. The van der Waals surface area contributed by atoms with Gasteiger partial charge in [-0.3, -0.25) is 14.3 Å². The van der Waals surface area contributed by atoms with E-state index in [1.54, 1.807) is 6.92 Å². The summed E-state index contributed by atoms with van der Waals surface area (Å²) in [5.74, 6) is 0. The molecule has 1 heterocycles. The van der Waals surface area contributed by atoms with Gasteiger partial charge in [0.2, 0.25) is 0 Å². The first-order chi connectivity index (χ1) is 5.65. The molecule has 0 atom stereocenters. The zero-order valence-corrected chi connectivity index (χ0v) is 6.63. The lowest BCUT2D eigenvalue weighted by molar-refractivity contribution is 0.436. The van der Waals surface area contributed by atoms with Crippen LogP contribution in [0.15, 0.2) is 15.8 Å². The van der Waals surface area contributed by atoms with Crippen LogP contribution in [0.1, 0.15) is 5.56 Å². The lowest BCUT2D eigenvalue weighted by atomic mass is 10.4. The molecule has 1 N–H and O–H groups in total. The lowest BCUT2D eigenvalue weighted by Gasteiger charge is -2.00. The van der Waals surface area contributed by atoms with Gasteiger partial charge in [0.25, 0.3) is 5.56 Å². The van der Waals surface area contributed by atoms with Crippen LogP contribution in [0, 0.1) is 6.92 Å². The van der Waals surface area contributed by atoms with Crippen molar-refractivity contribution in [1.29, 1.82) is 0 Å². The second-order valence-corrected chi connectivity index (χ2v) is 2.45. The summed E-state index contributed by atoms with van der Waals surface area (Å²) in [5.41, 5.74) is -0.582. The summed E-state index contributed by atoms with van der Waals surface area (Å²) in [6.45, 7) is 0.925. The molecule has 12 heavy (non-hydrogen) atoms. The Bertz CT molecular complexity index is 380. The second kappa shape index (κ2) is 3.34. The number of nitrogens with one attached hydrogen (secondary N) is 1. The normalized spacial score (nSPS) is 10.2. The number of alkyl halides is 1. The molecular weight excluding hydrogens is 163 g/mol. The largest absolute Gasteiger partial charge is 0.328 e. The molecule has 5 heteroatoms. The smallest absolute Gasteiger partial charge is 0.298 e. The van der Waals surface area contributed by atoms with Gasteiger partial charge in [0.15, 0.2) is 0 Å². The highest BCUT2D eigenvalue weighted by Gasteiger charge is 1.98. The minimum atomic E-state index is -0.620. The van der Waals surface area contributed by atoms with E-state index in [0.717, 1.165) is 4.57 Å². The number of H-pyrrole nitrogens is 1. The average molecular weight is 172 g/mol. The van der Waals surface area contributed by atoms with Crippen molar-refractivity contribution < 1.29 is 4.39 Å². The fourth-order valence-corrected chi connectivity index (χ4v) is 0.876. The molecule has 1 rings (SSSR count). The van der Waals surface area contributed by atoms with Gasteiger partial charge < -0.3 is 0 Å². The number of nitrogens with zero attached hydrogens (tertiary/aromatic N) is 1. The predicted octanol–water partition coefficient (Wildman–Crippen LogP) is -0.185. The monoisotopic (exact) mass is 172 g/mol. The molecule has 0 radical (unpaired) electrons. The summed E-state index contributed by atoms with van der Waals surface area (Å²) in [4.78, 5) is 23.8. The van der Waals surface area contributed by atoms with Crippen molar-refractivity contribution >= 4 is 0 Å². The summed E-state index contributed by atoms with van der Waals surface area (Å²) in [6, 6.07) is 0. The van der Waals surface area contributed by atoms with Gasteiger partial charge in [-0.1, -0.05) is 0 Å². The van der Waals surface area contributed by atoms with E-state index in [1.807, 2.05) is 0 Å². The van der Waals surface area contributed by atoms with Crippen molar-refractivity contribution in [3.8, 4) is 0 Å². The third kappa shape index (κ3) is 1.61. The second-order valence-electron chi connectivity index (χ2n) is 2.45. The van der Waals surface area contributed by atoms with Crippen LogP contribution in [0.3, 0.4) is 0 Å². The van der Waals surface area contributed by atoms with Crippen molar-refractivity contribution in [1.82, 2.24) is 9.55 Å². The van der Waals surface area contributed by atoms with Gasteiger partial charge in [-0.2, -0.15) is 0 Å². The van der Waals surface area contributed by atoms with E-state index >= 15 is 0 Å². The number of aromatic amines is 1. The molecule has 0 aliphatic carbocycles. The Labute approximate surface area is 67.7 Å². The van der Waals surface area contributed by atoms with E-state index in [-0.39, 0.29) is 6.54 Å². The van der Waals surface area contributed by atoms with Crippen LogP contribution < -0.4 is 11.2 Å². The molecule has 66 valence electrons. The van der Waals surface area contributed by atoms with Crippen molar-refractivity contribution in [3.63, 3.8) is 0 Å². The summed E-state index contributed by atoms with van der Waals surface area (Å²) in [5, 5.41) is 0. The third-order valence-corrected chi connectivity index (χ3v) is 1.51. The van der Waals surface area contributed by atoms with Gasteiger partial charge in [0, 0.05) is 11.8 Å². The van der Waals surface area contributed by atoms with E-state index in [9.17, 15) is 14.0 Å². The van der Waals surface area contributed by atoms with Gasteiger partial charge in [0.05, 0.1) is 6.54 Å². The van der Waals surface area contributed by atoms with Crippen LogP contribution >= 0.6 is 0 Å². The molecule has 0 saturated heterocycles. The van der Waals surface area contributed by atoms with Crippen molar-refractivity contribution in [2.45, 2.75) is 13.5 Å². The molecule has 1 aromatic rings. The zero-order valence-electron chi connectivity index (χ0n) is 6.63. The highest BCUT2D eigenvalue weighted by Crippen LogP contribution is 1.84. The maximum absolute atomic E-state index is 11.8. The Morgan fingerprint density at radius 3 is 2.83 bits per heavy atom. The Balaban J connectivity index is 3.24. The SMILES string of the molecule is Cc1cn(CCF)c(=O)[nH]c1=O. The van der Waals surface area contributed by atoms with Gasteiger partial charge >= 0.3 is 5.69 Å². The highest BCUT2D eigenvalue weighted by atomic mass is 19.1. The minimum absolute atomic E-state index is 0.0174. The molecule has 1 aromatic heterocycles. The van der Waals surface area contributed by atoms with Crippen LogP contribution in [0.2, 0.25) is 0 Å². The van der Waals surface area contributed by atoms with E-state index < -0.39 is 17.9 Å². The maximum Gasteiger partial charge on any atom is 0.328 e. The first kappa shape index (κ1) is 8.70. The van der Waals surface area contributed by atoms with Crippen molar-refractivity contribution in [3.05, 3.63) is 32.6 Å². The summed E-state index contributed by atoms with van der Waals surface area (Å²) in [7, 11) is 0. The van der Waals surface area contributed by atoms with Crippen LogP contribution in [0.4, 0.5) is 4.39 Å².